The van der Waals surface area contributed by atoms with Crippen molar-refractivity contribution in [3.8, 4) is 0 Å². The average Bonchev–Trinajstić information content (AvgIpc) is 3.46. The number of ether oxygens (including phenoxy) is 1. The van der Waals surface area contributed by atoms with Crippen LogP contribution in [0.1, 0.15) is 69.5 Å². The van der Waals surface area contributed by atoms with Crippen molar-refractivity contribution in [3.05, 3.63) is 54.1 Å². The third kappa shape index (κ3) is 7.77. The number of thiocarbonyl (C=S) groups is 1. The Morgan fingerprint density at radius 2 is 1.97 bits per heavy atom. The molecule has 1 saturated heterocycles. The lowest BCUT2D eigenvalue weighted by Gasteiger charge is -2.48. The number of carbonyl (C=O) groups is 1. The second kappa shape index (κ2) is 13.9. The average molecular weight is 526 g/mol. The summed E-state index contributed by atoms with van der Waals surface area (Å²) in [6.07, 6.45) is 14.2. The van der Waals surface area contributed by atoms with E-state index in [-0.39, 0.29) is 11.5 Å². The second-order valence-corrected chi connectivity index (χ2v) is 11.0. The summed E-state index contributed by atoms with van der Waals surface area (Å²) in [6.45, 7) is 5.14. The van der Waals surface area contributed by atoms with Gasteiger partial charge in [0.2, 0.25) is 5.91 Å². The van der Waals surface area contributed by atoms with Gasteiger partial charge in [-0.25, -0.2) is 4.98 Å². The van der Waals surface area contributed by atoms with E-state index in [0.29, 0.717) is 24.0 Å². The van der Waals surface area contributed by atoms with Crippen LogP contribution in [0.2, 0.25) is 0 Å². The zero-order chi connectivity index (χ0) is 25.9. The van der Waals surface area contributed by atoms with Crippen LogP contribution in [0.3, 0.4) is 0 Å². The molecule has 37 heavy (non-hydrogen) atoms. The number of aromatic nitrogens is 2. The van der Waals surface area contributed by atoms with Crippen molar-refractivity contribution in [1.82, 2.24) is 25.5 Å². The number of nitrogens with one attached hydrogen (secondary N) is 3. The molecule has 4 rings (SSSR count). The summed E-state index contributed by atoms with van der Waals surface area (Å²) in [4.78, 5) is 23.0. The topological polar surface area (TPSA) is 82.3 Å². The van der Waals surface area contributed by atoms with E-state index in [1.807, 2.05) is 29.3 Å². The van der Waals surface area contributed by atoms with Crippen LogP contribution in [-0.2, 0) is 22.4 Å². The molecule has 2 aromatic rings. The minimum Gasteiger partial charge on any atom is -0.375 e. The number of amides is 1. The van der Waals surface area contributed by atoms with Crippen LogP contribution in [0.25, 0.3) is 0 Å². The Morgan fingerprint density at radius 3 is 2.65 bits per heavy atom. The molecule has 1 saturated carbocycles. The number of piperidine rings is 1. The van der Waals surface area contributed by atoms with E-state index in [2.05, 4.69) is 39.7 Å². The molecule has 0 bridgehead atoms. The van der Waals surface area contributed by atoms with Gasteiger partial charge in [0.05, 0.1) is 11.9 Å². The number of rotatable bonds is 11. The van der Waals surface area contributed by atoms with E-state index in [9.17, 15) is 4.79 Å². The summed E-state index contributed by atoms with van der Waals surface area (Å²) in [5.41, 5.74) is 2.10. The second-order valence-electron chi connectivity index (χ2n) is 10.5. The summed E-state index contributed by atoms with van der Waals surface area (Å²) >= 11 is 5.59. The molecule has 8 heteroatoms. The van der Waals surface area contributed by atoms with Gasteiger partial charge in [-0.2, -0.15) is 0 Å². The Hall–Kier alpha value is -2.45. The maximum Gasteiger partial charge on any atom is 0.245 e. The van der Waals surface area contributed by atoms with Gasteiger partial charge in [-0.15, -0.1) is 0 Å². The summed E-state index contributed by atoms with van der Waals surface area (Å²) < 4.78 is 6.59. The van der Waals surface area contributed by atoms with Crippen molar-refractivity contribution in [3.63, 3.8) is 0 Å². The highest BCUT2D eigenvalue weighted by molar-refractivity contribution is 7.80. The number of benzene rings is 1. The number of carbonyl (C=O) groups excluding carboxylic acids is 1. The molecule has 2 heterocycles. The summed E-state index contributed by atoms with van der Waals surface area (Å²) in [7, 11) is 0. The highest BCUT2D eigenvalue weighted by Gasteiger charge is 2.44. The SMILES string of the molecule is CCCOC1(C2CCCCC2)CCN(C(=O)C(Cc2ccccc2)NC(=S)NCCc2cnc[nH]2)CC1. The first-order chi connectivity index (χ1) is 18.1. The normalized spacial score (nSPS) is 18.8. The minimum absolute atomic E-state index is 0.0703. The summed E-state index contributed by atoms with van der Waals surface area (Å²) in [5, 5.41) is 7.10. The molecule has 2 fully saturated rings. The molecule has 1 unspecified atom stereocenters. The van der Waals surface area contributed by atoms with Crippen molar-refractivity contribution >= 4 is 23.2 Å². The fraction of sp³-hybridized carbons (Fsp3) is 0.621. The standard InChI is InChI=1S/C29H43N5O2S/c1-2-19-36-29(24-11-7-4-8-12-24)14-17-34(18-15-29)27(35)26(20-23-9-5-3-6-10-23)33-28(37)31-16-13-25-21-30-22-32-25/h3,5-6,9-10,21-22,24,26H,2,4,7-8,11-20H2,1H3,(H,30,32)(H2,31,33,37). The first-order valence-electron chi connectivity index (χ1n) is 14.1. The van der Waals surface area contributed by atoms with E-state index in [4.69, 9.17) is 17.0 Å². The van der Waals surface area contributed by atoms with Crippen LogP contribution in [-0.4, -0.2) is 63.8 Å². The monoisotopic (exact) mass is 525 g/mol. The Balaban J connectivity index is 1.38. The molecule has 1 aromatic heterocycles. The van der Waals surface area contributed by atoms with Crippen LogP contribution >= 0.6 is 12.2 Å². The third-order valence-corrected chi connectivity index (χ3v) is 8.25. The molecule has 2 aliphatic rings. The number of imidazole rings is 1. The van der Waals surface area contributed by atoms with Crippen LogP contribution in [0.15, 0.2) is 42.9 Å². The fourth-order valence-corrected chi connectivity index (χ4v) is 6.17. The summed E-state index contributed by atoms with van der Waals surface area (Å²) in [5.74, 6) is 0.740. The molecule has 0 radical (unpaired) electrons. The van der Waals surface area contributed by atoms with E-state index in [1.165, 1.54) is 32.1 Å². The molecule has 1 aliphatic carbocycles. The van der Waals surface area contributed by atoms with Gasteiger partial charge in [0, 0.05) is 51.0 Å². The smallest absolute Gasteiger partial charge is 0.245 e. The predicted molar refractivity (Wildman–Crippen MR) is 151 cm³/mol. The van der Waals surface area contributed by atoms with Gasteiger partial charge in [-0.1, -0.05) is 56.5 Å². The number of hydrogen-bond donors (Lipinski definition) is 3. The van der Waals surface area contributed by atoms with Gasteiger partial charge in [0.1, 0.15) is 6.04 Å². The van der Waals surface area contributed by atoms with Gasteiger partial charge in [-0.05, 0) is 55.8 Å². The minimum atomic E-state index is -0.409. The Labute approximate surface area is 227 Å². The van der Waals surface area contributed by atoms with Crippen LogP contribution < -0.4 is 10.6 Å². The molecular weight excluding hydrogens is 482 g/mol. The Kier molecular flexibility index (Phi) is 10.4. The van der Waals surface area contributed by atoms with Crippen molar-refractivity contribution in [1.29, 1.82) is 0 Å². The van der Waals surface area contributed by atoms with Crippen molar-refractivity contribution in [2.24, 2.45) is 5.92 Å². The lowest BCUT2D eigenvalue weighted by Crippen LogP contribution is -2.57. The van der Waals surface area contributed by atoms with Gasteiger partial charge in [0.15, 0.2) is 5.11 Å². The molecule has 1 aromatic carbocycles. The van der Waals surface area contributed by atoms with Gasteiger partial charge in [-0.3, -0.25) is 4.79 Å². The fourth-order valence-electron chi connectivity index (χ4n) is 5.92. The van der Waals surface area contributed by atoms with Crippen molar-refractivity contribution in [2.75, 3.05) is 26.2 Å². The largest absolute Gasteiger partial charge is 0.375 e. The molecule has 1 amide bonds. The lowest BCUT2D eigenvalue weighted by molar-refractivity contribution is -0.149. The highest BCUT2D eigenvalue weighted by Crippen LogP contribution is 2.42. The van der Waals surface area contributed by atoms with Gasteiger partial charge < -0.3 is 25.3 Å². The van der Waals surface area contributed by atoms with Crippen molar-refractivity contribution in [2.45, 2.75) is 82.8 Å². The maximum absolute atomic E-state index is 13.8. The van der Waals surface area contributed by atoms with Gasteiger partial charge >= 0.3 is 0 Å². The van der Waals surface area contributed by atoms with Crippen molar-refractivity contribution < 1.29 is 9.53 Å². The first-order valence-corrected chi connectivity index (χ1v) is 14.5. The lowest BCUT2D eigenvalue weighted by atomic mass is 9.72. The van der Waals surface area contributed by atoms with Gasteiger partial charge in [0.25, 0.3) is 0 Å². The predicted octanol–water partition coefficient (Wildman–Crippen LogP) is 4.40. The molecule has 1 aliphatic heterocycles. The Bertz CT molecular complexity index is 954. The molecule has 3 N–H and O–H groups in total. The van der Waals surface area contributed by atoms with Crippen LogP contribution in [0, 0.1) is 5.92 Å². The number of H-pyrrole nitrogens is 1. The van der Waals surface area contributed by atoms with E-state index in [1.54, 1.807) is 6.33 Å². The number of aromatic amines is 1. The van der Waals surface area contributed by atoms with E-state index >= 15 is 0 Å². The molecule has 1 atom stereocenters. The molecule has 0 spiro atoms. The number of likely N-dealkylation sites (tertiary alicyclic amines) is 1. The highest BCUT2D eigenvalue weighted by atomic mass is 32.1. The number of hydrogen-bond acceptors (Lipinski definition) is 4. The number of nitrogens with zero attached hydrogens (tertiary/aromatic N) is 2. The summed E-state index contributed by atoms with van der Waals surface area (Å²) in [6, 6.07) is 9.76. The molecule has 7 nitrogen and oxygen atoms in total. The quantitative estimate of drug-likeness (QED) is 0.378. The first kappa shape index (κ1) is 27.6. The zero-order valence-electron chi connectivity index (χ0n) is 22.2. The zero-order valence-corrected chi connectivity index (χ0v) is 23.0. The van der Waals surface area contributed by atoms with Crippen LogP contribution in [0.4, 0.5) is 0 Å². The Morgan fingerprint density at radius 1 is 1.22 bits per heavy atom. The maximum atomic E-state index is 13.8. The molecular formula is C29H43N5O2S. The van der Waals surface area contributed by atoms with Crippen LogP contribution in [0.5, 0.6) is 0 Å². The van der Waals surface area contributed by atoms with E-state index < -0.39 is 6.04 Å². The van der Waals surface area contributed by atoms with E-state index in [0.717, 1.165) is 56.6 Å². The molecule has 202 valence electrons. The third-order valence-electron chi connectivity index (χ3n) is 7.99.